The largest absolute Gasteiger partial charge is 0.0622 e. The summed E-state index contributed by atoms with van der Waals surface area (Å²) in [6.07, 6.45) is 0. The molecular formula is C20H13. The van der Waals surface area contributed by atoms with E-state index in [1.165, 1.54) is 32.7 Å². The van der Waals surface area contributed by atoms with E-state index in [0.29, 0.717) is 0 Å². The molecule has 1 radical (unpaired) electrons. The second kappa shape index (κ2) is 4.50. The fourth-order valence-corrected chi connectivity index (χ4v) is 2.76. The Balaban J connectivity index is 2.09. The second-order valence-electron chi connectivity index (χ2n) is 5.00. The Labute approximate surface area is 118 Å². The van der Waals surface area contributed by atoms with Crippen molar-refractivity contribution in [3.05, 3.63) is 84.9 Å². The number of rotatable bonds is 1. The van der Waals surface area contributed by atoms with Crippen LogP contribution in [0.15, 0.2) is 78.9 Å². The molecule has 0 aliphatic rings. The summed E-state index contributed by atoms with van der Waals surface area (Å²) < 4.78 is 0. The molecule has 93 valence electrons. The van der Waals surface area contributed by atoms with Gasteiger partial charge < -0.3 is 0 Å². The molecular weight excluding hydrogens is 240 g/mol. The lowest BCUT2D eigenvalue weighted by molar-refractivity contribution is 1.66. The van der Waals surface area contributed by atoms with E-state index in [-0.39, 0.29) is 0 Å². The van der Waals surface area contributed by atoms with Crippen LogP contribution in [0.2, 0.25) is 0 Å². The van der Waals surface area contributed by atoms with E-state index in [9.17, 15) is 0 Å². The van der Waals surface area contributed by atoms with Crippen LogP contribution in [0.25, 0.3) is 32.7 Å². The maximum absolute atomic E-state index is 3.30. The fraction of sp³-hybridized carbons (Fsp3) is 0. The molecule has 0 spiro atoms. The lowest BCUT2D eigenvalue weighted by atomic mass is 9.96. The Hall–Kier alpha value is -2.60. The van der Waals surface area contributed by atoms with Crippen molar-refractivity contribution in [3.63, 3.8) is 0 Å². The first-order chi connectivity index (χ1) is 9.92. The monoisotopic (exact) mass is 253 g/mol. The third-order valence-electron chi connectivity index (χ3n) is 3.75. The van der Waals surface area contributed by atoms with Crippen LogP contribution in [0.1, 0.15) is 0 Å². The van der Waals surface area contributed by atoms with Gasteiger partial charge in [0.05, 0.1) is 0 Å². The van der Waals surface area contributed by atoms with E-state index in [4.69, 9.17) is 0 Å². The minimum absolute atomic E-state index is 1.17. The molecule has 0 nitrogen and oxygen atoms in total. The zero-order chi connectivity index (χ0) is 13.4. The van der Waals surface area contributed by atoms with E-state index < -0.39 is 0 Å². The zero-order valence-corrected chi connectivity index (χ0v) is 11.0. The van der Waals surface area contributed by atoms with Gasteiger partial charge >= 0.3 is 0 Å². The standard InChI is InChI=1S/C20H13/c1-2-7-15(8-3-1)19-12-6-11-18-13-16-9-4-5-10-17(16)14-20(18)19/h1-8,10-14H. The molecule has 4 aromatic rings. The average molecular weight is 253 g/mol. The van der Waals surface area contributed by atoms with Crippen molar-refractivity contribution in [1.82, 2.24) is 0 Å². The fourth-order valence-electron chi connectivity index (χ4n) is 2.76. The first-order valence-corrected chi connectivity index (χ1v) is 6.80. The molecule has 0 saturated heterocycles. The molecule has 4 aromatic carbocycles. The molecule has 0 N–H and O–H groups in total. The van der Waals surface area contributed by atoms with Crippen molar-refractivity contribution >= 4 is 21.5 Å². The summed E-state index contributed by atoms with van der Waals surface area (Å²) in [4.78, 5) is 0. The highest BCUT2D eigenvalue weighted by atomic mass is 14.1. The molecule has 0 saturated carbocycles. The molecule has 0 aliphatic carbocycles. The van der Waals surface area contributed by atoms with E-state index in [2.05, 4.69) is 72.8 Å². The van der Waals surface area contributed by atoms with Gasteiger partial charge in [-0.2, -0.15) is 0 Å². The van der Waals surface area contributed by atoms with Gasteiger partial charge in [-0.05, 0) is 50.9 Å². The summed E-state index contributed by atoms with van der Waals surface area (Å²) in [6, 6.07) is 31.0. The third-order valence-corrected chi connectivity index (χ3v) is 3.75. The molecule has 0 aliphatic heterocycles. The van der Waals surface area contributed by atoms with Crippen LogP contribution in [-0.2, 0) is 0 Å². The molecule has 0 unspecified atom stereocenters. The van der Waals surface area contributed by atoms with Gasteiger partial charge in [0.25, 0.3) is 0 Å². The highest BCUT2D eigenvalue weighted by Crippen LogP contribution is 2.31. The van der Waals surface area contributed by atoms with E-state index >= 15 is 0 Å². The van der Waals surface area contributed by atoms with Crippen LogP contribution in [0, 0.1) is 6.07 Å². The Morgan fingerprint density at radius 2 is 1.50 bits per heavy atom. The van der Waals surface area contributed by atoms with E-state index in [1.807, 2.05) is 12.1 Å². The Kier molecular flexibility index (Phi) is 2.53. The van der Waals surface area contributed by atoms with Crippen LogP contribution in [0.3, 0.4) is 0 Å². The Bertz CT molecular complexity index is 889. The van der Waals surface area contributed by atoms with Crippen molar-refractivity contribution in [2.24, 2.45) is 0 Å². The number of hydrogen-bond donors (Lipinski definition) is 0. The van der Waals surface area contributed by atoms with Crippen LogP contribution >= 0.6 is 0 Å². The van der Waals surface area contributed by atoms with Gasteiger partial charge in [0.2, 0.25) is 0 Å². The molecule has 0 atom stereocenters. The van der Waals surface area contributed by atoms with E-state index in [1.54, 1.807) is 0 Å². The zero-order valence-electron chi connectivity index (χ0n) is 11.0. The van der Waals surface area contributed by atoms with Crippen molar-refractivity contribution in [3.8, 4) is 11.1 Å². The Morgan fingerprint density at radius 1 is 0.650 bits per heavy atom. The van der Waals surface area contributed by atoms with Gasteiger partial charge in [-0.15, -0.1) is 0 Å². The number of hydrogen-bond acceptors (Lipinski definition) is 0. The molecule has 0 heteroatoms. The summed E-state index contributed by atoms with van der Waals surface area (Å²) in [6.45, 7) is 0. The summed E-state index contributed by atoms with van der Waals surface area (Å²) >= 11 is 0. The molecule has 20 heavy (non-hydrogen) atoms. The van der Waals surface area contributed by atoms with Crippen molar-refractivity contribution in [2.75, 3.05) is 0 Å². The molecule has 0 fully saturated rings. The van der Waals surface area contributed by atoms with Crippen LogP contribution in [0.5, 0.6) is 0 Å². The van der Waals surface area contributed by atoms with Crippen LogP contribution < -0.4 is 0 Å². The molecule has 0 bridgehead atoms. The maximum atomic E-state index is 3.30. The summed E-state index contributed by atoms with van der Waals surface area (Å²) in [5, 5.41) is 4.97. The van der Waals surface area contributed by atoms with Gasteiger partial charge in [0.1, 0.15) is 0 Å². The minimum atomic E-state index is 1.17. The number of fused-ring (bicyclic) bond motifs is 2. The van der Waals surface area contributed by atoms with Gasteiger partial charge in [0.15, 0.2) is 0 Å². The Morgan fingerprint density at radius 3 is 2.40 bits per heavy atom. The van der Waals surface area contributed by atoms with Crippen LogP contribution in [0.4, 0.5) is 0 Å². The van der Waals surface area contributed by atoms with Gasteiger partial charge in [-0.3, -0.25) is 0 Å². The summed E-state index contributed by atoms with van der Waals surface area (Å²) in [5.41, 5.74) is 2.55. The normalized spacial score (nSPS) is 11.0. The molecule has 0 heterocycles. The predicted octanol–water partition coefficient (Wildman–Crippen LogP) is 5.46. The SMILES string of the molecule is [c]1cccc2cc3c(-c4ccccc4)cccc3cc12. The maximum Gasteiger partial charge on any atom is -0.00988 e. The average Bonchev–Trinajstić information content (AvgIpc) is 2.53. The first-order valence-electron chi connectivity index (χ1n) is 6.80. The summed E-state index contributed by atoms with van der Waals surface area (Å²) in [7, 11) is 0. The lowest BCUT2D eigenvalue weighted by Crippen LogP contribution is -1.82. The number of benzene rings is 4. The smallest absolute Gasteiger partial charge is 0.00988 e. The second-order valence-corrected chi connectivity index (χ2v) is 5.00. The van der Waals surface area contributed by atoms with Crippen molar-refractivity contribution < 1.29 is 0 Å². The van der Waals surface area contributed by atoms with Crippen LogP contribution in [-0.4, -0.2) is 0 Å². The minimum Gasteiger partial charge on any atom is -0.0622 e. The highest BCUT2D eigenvalue weighted by molar-refractivity contribution is 6.04. The third kappa shape index (κ3) is 1.78. The topological polar surface area (TPSA) is 0 Å². The van der Waals surface area contributed by atoms with Crippen molar-refractivity contribution in [2.45, 2.75) is 0 Å². The first kappa shape index (κ1) is 11.2. The van der Waals surface area contributed by atoms with Crippen molar-refractivity contribution in [1.29, 1.82) is 0 Å². The van der Waals surface area contributed by atoms with Gasteiger partial charge in [0, 0.05) is 0 Å². The molecule has 0 aromatic heterocycles. The quantitative estimate of drug-likeness (QED) is 0.395. The van der Waals surface area contributed by atoms with Gasteiger partial charge in [-0.1, -0.05) is 66.7 Å². The summed E-state index contributed by atoms with van der Waals surface area (Å²) in [5.74, 6) is 0. The molecule has 4 rings (SSSR count). The lowest BCUT2D eigenvalue weighted by Gasteiger charge is -2.08. The van der Waals surface area contributed by atoms with E-state index in [0.717, 1.165) is 0 Å². The van der Waals surface area contributed by atoms with Gasteiger partial charge in [-0.25, -0.2) is 0 Å². The highest BCUT2D eigenvalue weighted by Gasteiger charge is 2.04. The predicted molar refractivity (Wildman–Crippen MR) is 85.7 cm³/mol. The molecule has 0 amide bonds.